The van der Waals surface area contributed by atoms with Gasteiger partial charge in [-0.05, 0) is 19.8 Å². The van der Waals surface area contributed by atoms with Crippen LogP contribution in [0, 0.1) is 0 Å². The molecule has 1 atom stereocenters. The summed E-state index contributed by atoms with van der Waals surface area (Å²) in [5, 5.41) is 7.94. The van der Waals surface area contributed by atoms with E-state index in [0.717, 1.165) is 24.8 Å². The second kappa shape index (κ2) is 5.75. The summed E-state index contributed by atoms with van der Waals surface area (Å²) in [6.45, 7) is 6.08. The lowest BCUT2D eigenvalue weighted by Crippen LogP contribution is -2.15. The molecule has 0 N–H and O–H groups in total. The minimum atomic E-state index is -0.171. The van der Waals surface area contributed by atoms with Gasteiger partial charge in [-0.2, -0.15) is 0 Å². The highest BCUT2D eigenvalue weighted by Gasteiger charge is 2.22. The van der Waals surface area contributed by atoms with Crippen molar-refractivity contribution in [1.82, 2.24) is 15.0 Å². The van der Waals surface area contributed by atoms with Gasteiger partial charge < -0.3 is 4.74 Å². The molecule has 16 heavy (non-hydrogen) atoms. The third-order valence-electron chi connectivity index (χ3n) is 2.90. The Morgan fingerprint density at radius 1 is 1.44 bits per heavy atom. The molecule has 0 aliphatic rings. The maximum Gasteiger partial charge on any atom is 0.172 e. The molecule has 0 bridgehead atoms. The molecule has 1 unspecified atom stereocenters. The van der Waals surface area contributed by atoms with E-state index >= 15 is 0 Å². The summed E-state index contributed by atoms with van der Waals surface area (Å²) in [5.74, 6) is 0. The van der Waals surface area contributed by atoms with Gasteiger partial charge in [-0.25, -0.2) is 4.68 Å². The van der Waals surface area contributed by atoms with Crippen molar-refractivity contribution in [2.75, 3.05) is 7.11 Å². The number of hydrogen-bond donors (Lipinski definition) is 0. The van der Waals surface area contributed by atoms with Crippen LogP contribution in [0.1, 0.15) is 61.9 Å². The van der Waals surface area contributed by atoms with E-state index in [1.807, 2.05) is 11.6 Å². The molecular weight excluding hydrogens is 206 g/mol. The topological polar surface area (TPSA) is 57.0 Å². The fourth-order valence-electron chi connectivity index (χ4n) is 1.81. The van der Waals surface area contributed by atoms with Gasteiger partial charge in [0.15, 0.2) is 12.0 Å². The highest BCUT2D eigenvalue weighted by atomic mass is 16.5. The highest BCUT2D eigenvalue weighted by molar-refractivity contribution is 5.73. The predicted octanol–water partition coefficient (Wildman–Crippen LogP) is 2.16. The molecule has 1 heterocycles. The maximum atomic E-state index is 10.9. The average Bonchev–Trinajstić information content (AvgIpc) is 2.73. The van der Waals surface area contributed by atoms with Gasteiger partial charge >= 0.3 is 0 Å². The Labute approximate surface area is 95.8 Å². The zero-order chi connectivity index (χ0) is 12.1. The van der Waals surface area contributed by atoms with E-state index in [1.54, 1.807) is 7.11 Å². The second-order valence-electron chi connectivity index (χ2n) is 3.77. The quantitative estimate of drug-likeness (QED) is 0.696. The number of carbonyl (C=O) groups excluding carboxylic acids is 1. The van der Waals surface area contributed by atoms with E-state index in [-0.39, 0.29) is 12.1 Å². The molecule has 5 heteroatoms. The van der Waals surface area contributed by atoms with Crippen molar-refractivity contribution in [3.63, 3.8) is 0 Å². The zero-order valence-electron chi connectivity index (χ0n) is 10.3. The summed E-state index contributed by atoms with van der Waals surface area (Å²) in [6, 6.07) is 0.272. The van der Waals surface area contributed by atoms with Gasteiger partial charge in [0.05, 0.1) is 17.8 Å². The van der Waals surface area contributed by atoms with Crippen molar-refractivity contribution in [3.8, 4) is 0 Å². The van der Waals surface area contributed by atoms with Crippen LogP contribution >= 0.6 is 0 Å². The smallest absolute Gasteiger partial charge is 0.172 e. The van der Waals surface area contributed by atoms with Gasteiger partial charge in [-0.3, -0.25) is 4.79 Å². The summed E-state index contributed by atoms with van der Waals surface area (Å²) in [4.78, 5) is 10.9. The summed E-state index contributed by atoms with van der Waals surface area (Å²) in [5.41, 5.74) is 1.15. The van der Waals surface area contributed by atoms with E-state index in [9.17, 15) is 4.79 Å². The molecule has 0 saturated carbocycles. The Morgan fingerprint density at radius 3 is 2.50 bits per heavy atom. The molecule has 1 rings (SSSR count). The van der Waals surface area contributed by atoms with Crippen molar-refractivity contribution in [2.24, 2.45) is 0 Å². The first kappa shape index (κ1) is 12.8. The molecule has 0 aromatic carbocycles. The van der Waals surface area contributed by atoms with Crippen LogP contribution in [0.15, 0.2) is 0 Å². The number of ether oxygens (including phenoxy) is 1. The number of nitrogens with zero attached hydrogens (tertiary/aromatic N) is 3. The van der Waals surface area contributed by atoms with E-state index in [4.69, 9.17) is 4.74 Å². The van der Waals surface area contributed by atoms with Crippen LogP contribution in [-0.4, -0.2) is 28.4 Å². The van der Waals surface area contributed by atoms with Gasteiger partial charge in [-0.1, -0.05) is 19.1 Å². The molecule has 1 aromatic heterocycles. The Morgan fingerprint density at radius 2 is 2.06 bits per heavy atom. The van der Waals surface area contributed by atoms with Crippen LogP contribution in [0.25, 0.3) is 0 Å². The third-order valence-corrected chi connectivity index (χ3v) is 2.90. The SMILES string of the molecule is CCC(CC)n1nnc(C=O)c1C(C)OC. The predicted molar refractivity (Wildman–Crippen MR) is 60.5 cm³/mol. The fraction of sp³-hybridized carbons (Fsp3) is 0.727. The molecule has 0 aliphatic carbocycles. The van der Waals surface area contributed by atoms with Gasteiger partial charge in [0.25, 0.3) is 0 Å². The molecule has 0 saturated heterocycles. The lowest BCUT2D eigenvalue weighted by atomic mass is 10.1. The first-order valence-corrected chi connectivity index (χ1v) is 5.62. The van der Waals surface area contributed by atoms with Crippen molar-refractivity contribution in [3.05, 3.63) is 11.4 Å². The van der Waals surface area contributed by atoms with Crippen LogP contribution < -0.4 is 0 Å². The maximum absolute atomic E-state index is 10.9. The second-order valence-corrected chi connectivity index (χ2v) is 3.77. The molecule has 0 fully saturated rings. The Balaban J connectivity index is 3.18. The van der Waals surface area contributed by atoms with Crippen molar-refractivity contribution >= 4 is 6.29 Å². The standard InChI is InChI=1S/C11H19N3O2/c1-5-9(6-2)14-11(8(3)16-4)10(7-15)12-13-14/h7-9H,5-6H2,1-4H3. The molecule has 90 valence electrons. The summed E-state index contributed by atoms with van der Waals surface area (Å²) in [6.07, 6.45) is 2.48. The summed E-state index contributed by atoms with van der Waals surface area (Å²) in [7, 11) is 1.61. The fourth-order valence-corrected chi connectivity index (χ4v) is 1.81. The van der Waals surface area contributed by atoms with Crippen LogP contribution in [0.5, 0.6) is 0 Å². The largest absolute Gasteiger partial charge is 0.375 e. The van der Waals surface area contributed by atoms with Crippen molar-refractivity contribution in [1.29, 1.82) is 0 Å². The third kappa shape index (κ3) is 2.29. The number of rotatable bonds is 6. The first-order valence-electron chi connectivity index (χ1n) is 5.62. The Bertz CT molecular complexity index is 345. The molecule has 0 spiro atoms. The van der Waals surface area contributed by atoms with Gasteiger partial charge in [0.1, 0.15) is 0 Å². The van der Waals surface area contributed by atoms with Crippen LogP contribution in [0.2, 0.25) is 0 Å². The number of methoxy groups -OCH3 is 1. The van der Waals surface area contributed by atoms with E-state index in [2.05, 4.69) is 24.2 Å². The monoisotopic (exact) mass is 225 g/mol. The number of carbonyl (C=O) groups is 1. The Kier molecular flexibility index (Phi) is 4.61. The minimum absolute atomic E-state index is 0.171. The molecule has 1 aromatic rings. The number of aromatic nitrogens is 3. The van der Waals surface area contributed by atoms with Gasteiger partial charge in [0.2, 0.25) is 0 Å². The molecular formula is C11H19N3O2. The molecule has 0 amide bonds. The molecule has 0 radical (unpaired) electrons. The van der Waals surface area contributed by atoms with Crippen molar-refractivity contribution in [2.45, 2.75) is 45.8 Å². The number of hydrogen-bond acceptors (Lipinski definition) is 4. The van der Waals surface area contributed by atoms with Crippen LogP contribution in [0.4, 0.5) is 0 Å². The zero-order valence-corrected chi connectivity index (χ0v) is 10.3. The number of aldehydes is 1. The van der Waals surface area contributed by atoms with Gasteiger partial charge in [0, 0.05) is 7.11 Å². The highest BCUT2D eigenvalue weighted by Crippen LogP contribution is 2.24. The lowest BCUT2D eigenvalue weighted by molar-refractivity contribution is 0.103. The summed E-state index contributed by atoms with van der Waals surface area (Å²) < 4.78 is 7.07. The van der Waals surface area contributed by atoms with E-state index in [1.165, 1.54) is 0 Å². The van der Waals surface area contributed by atoms with Crippen LogP contribution in [-0.2, 0) is 4.74 Å². The normalized spacial score (nSPS) is 13.1. The van der Waals surface area contributed by atoms with Crippen molar-refractivity contribution < 1.29 is 9.53 Å². The Hall–Kier alpha value is -1.23. The lowest BCUT2D eigenvalue weighted by Gasteiger charge is -2.18. The molecule has 0 aliphatic heterocycles. The summed E-state index contributed by atoms with van der Waals surface area (Å²) >= 11 is 0. The van der Waals surface area contributed by atoms with Crippen LogP contribution in [0.3, 0.4) is 0 Å². The minimum Gasteiger partial charge on any atom is -0.375 e. The average molecular weight is 225 g/mol. The van der Waals surface area contributed by atoms with E-state index in [0.29, 0.717) is 5.69 Å². The van der Waals surface area contributed by atoms with E-state index < -0.39 is 0 Å². The van der Waals surface area contributed by atoms with Gasteiger partial charge in [-0.15, -0.1) is 5.10 Å². The molecule has 5 nitrogen and oxygen atoms in total. The first-order chi connectivity index (χ1) is 7.69.